The Hall–Kier alpha value is -3.22. The van der Waals surface area contributed by atoms with E-state index in [1.807, 2.05) is 36.7 Å². The summed E-state index contributed by atoms with van der Waals surface area (Å²) < 4.78 is 26.3. The van der Waals surface area contributed by atoms with Gasteiger partial charge in [-0.25, -0.2) is 0 Å². The number of ether oxygens (including phenoxy) is 1. The number of allylic oxidation sites excluding steroid dienone is 2. The molecule has 1 atom stereocenters. The zero-order valence-corrected chi connectivity index (χ0v) is 37.8. The van der Waals surface area contributed by atoms with Crippen molar-refractivity contribution in [1.29, 1.82) is 0 Å². The van der Waals surface area contributed by atoms with Crippen LogP contribution in [0.5, 0.6) is 0 Å². The molecular weight excluding hydrogens is 756 g/mol. The number of hydrogen-bond acceptors (Lipinski definition) is 12. The van der Waals surface area contributed by atoms with Crippen molar-refractivity contribution in [3.63, 3.8) is 0 Å². The molecule has 0 amide bonds. The minimum atomic E-state index is -3.28. The normalized spacial score (nSPS) is 15.6. The van der Waals surface area contributed by atoms with Crippen LogP contribution in [0.1, 0.15) is 131 Å². The predicted molar refractivity (Wildman–Crippen MR) is 215 cm³/mol. The van der Waals surface area contributed by atoms with Crippen LogP contribution in [-0.4, -0.2) is 70.9 Å². The van der Waals surface area contributed by atoms with Crippen molar-refractivity contribution in [3.8, 4) is 0 Å². The molecule has 3 aliphatic rings. The standard InChI is InChI=1S/C12H15NO.C12H13NO.C9H9NO.C8H17O5P.C2H5O.Na/c2*1-9(14)8-10-4-2-6-12-11(10)5-3-7-13-12;11-9-5-1-4-8-7(9)3-2-6-10-8;1-4-11-8(9)7-14(10,12-5-2)13-6-3;1-2-3;/h3,5,7,10H,2,4,6,8H2,1H3;3,5,7-8H,2,4,6H2,1H3;2-3,6H,1,4-5H2;4-7H2,1-3H3;2H2,1H3;/q;;;;-1;+1/b;10-8+;;;;. The summed E-state index contributed by atoms with van der Waals surface area (Å²) in [6.07, 6.45) is 16.6. The summed E-state index contributed by atoms with van der Waals surface area (Å²) >= 11 is 0. The number of rotatable bonds is 10. The number of carbonyl (C=O) groups is 4. The predicted octanol–water partition coefficient (Wildman–Crippen LogP) is 4.66. The van der Waals surface area contributed by atoms with Crippen LogP contribution in [0.3, 0.4) is 0 Å². The SMILES string of the molecule is CC(=O)/C=C1\CCCc2ncccc21.CC(=O)CC1CCCc2ncccc21.CCOC(=O)CP(=O)(OCC)OCC.CC[O-].O=C1CCCc2ncccc21.[Na+]. The van der Waals surface area contributed by atoms with Crippen LogP contribution >= 0.6 is 7.60 Å². The minimum Gasteiger partial charge on any atom is -0.855 e. The first-order valence-electron chi connectivity index (χ1n) is 19.6. The number of fused-ring (bicyclic) bond motifs is 3. The van der Waals surface area contributed by atoms with Gasteiger partial charge in [-0.3, -0.25) is 33.9 Å². The van der Waals surface area contributed by atoms with Crippen molar-refractivity contribution in [1.82, 2.24) is 15.0 Å². The topological polar surface area (TPSA) is 175 Å². The molecule has 3 aliphatic carbocycles. The van der Waals surface area contributed by atoms with E-state index in [9.17, 15) is 23.7 Å². The molecule has 0 fully saturated rings. The summed E-state index contributed by atoms with van der Waals surface area (Å²) in [5.74, 6) is 0.519. The Labute approximate surface area is 360 Å². The largest absolute Gasteiger partial charge is 1.00 e. The molecule has 0 aliphatic heterocycles. The van der Waals surface area contributed by atoms with E-state index in [0.29, 0.717) is 18.8 Å². The number of hydrogen-bond donors (Lipinski definition) is 0. The van der Waals surface area contributed by atoms with Gasteiger partial charge in [0.1, 0.15) is 11.9 Å². The van der Waals surface area contributed by atoms with Gasteiger partial charge in [0.2, 0.25) is 0 Å². The molecule has 0 saturated heterocycles. The molecule has 0 aromatic carbocycles. The molecule has 0 bridgehead atoms. The molecule has 57 heavy (non-hydrogen) atoms. The number of aryl methyl sites for hydroxylation is 3. The van der Waals surface area contributed by atoms with Crippen LogP contribution in [-0.2, 0) is 52.0 Å². The first-order valence-corrected chi connectivity index (χ1v) is 21.3. The summed E-state index contributed by atoms with van der Waals surface area (Å²) in [5, 5.41) is 8.93. The number of ketones is 3. The molecule has 12 nitrogen and oxygen atoms in total. The van der Waals surface area contributed by atoms with Gasteiger partial charge in [-0.15, -0.1) is 6.61 Å². The Bertz CT molecular complexity index is 1780. The zero-order chi connectivity index (χ0) is 41.3. The number of aromatic nitrogens is 3. The monoisotopic (exact) mass is 815 g/mol. The minimum absolute atomic E-state index is 0. The molecule has 0 N–H and O–H groups in total. The molecule has 0 saturated carbocycles. The second kappa shape index (κ2) is 29.1. The fourth-order valence-electron chi connectivity index (χ4n) is 6.50. The van der Waals surface area contributed by atoms with Crippen LogP contribution in [0, 0.1) is 0 Å². The fourth-order valence-corrected chi connectivity index (χ4v) is 7.95. The maximum absolute atomic E-state index is 11.8. The molecule has 3 heterocycles. The fraction of sp³-hybridized carbons (Fsp3) is 0.512. The van der Waals surface area contributed by atoms with E-state index in [2.05, 4.69) is 31.8 Å². The summed E-state index contributed by atoms with van der Waals surface area (Å²) in [4.78, 5) is 57.3. The van der Waals surface area contributed by atoms with Crippen molar-refractivity contribution in [2.75, 3.05) is 32.6 Å². The van der Waals surface area contributed by atoms with E-state index in [4.69, 9.17) is 14.2 Å². The van der Waals surface area contributed by atoms with Crippen molar-refractivity contribution < 1.29 is 72.2 Å². The average Bonchev–Trinajstić information content (AvgIpc) is 3.16. The van der Waals surface area contributed by atoms with Crippen LogP contribution < -0.4 is 34.7 Å². The molecule has 6 rings (SSSR count). The van der Waals surface area contributed by atoms with Crippen LogP contribution in [0.15, 0.2) is 61.1 Å². The van der Waals surface area contributed by atoms with E-state index >= 15 is 0 Å². The molecule has 14 heteroatoms. The van der Waals surface area contributed by atoms with Crippen molar-refractivity contribution in [2.45, 2.75) is 112 Å². The summed E-state index contributed by atoms with van der Waals surface area (Å²) in [6.45, 7) is 10.7. The van der Waals surface area contributed by atoms with Gasteiger partial charge >= 0.3 is 43.1 Å². The van der Waals surface area contributed by atoms with Crippen molar-refractivity contribution in [2.24, 2.45) is 0 Å². The molecule has 3 aromatic heterocycles. The van der Waals surface area contributed by atoms with E-state index in [-0.39, 0.29) is 79.5 Å². The number of Topliss-reactive ketones (excluding diaryl/α,β-unsaturated/α-hetero) is 2. The molecule has 1 unspecified atom stereocenters. The Morgan fingerprint density at radius 2 is 1.30 bits per heavy atom. The number of nitrogens with zero attached hydrogens (tertiary/aromatic N) is 3. The second-order valence-electron chi connectivity index (χ2n) is 13.1. The Kier molecular flexibility index (Phi) is 26.4. The van der Waals surface area contributed by atoms with Crippen LogP contribution in [0.4, 0.5) is 0 Å². The molecule has 0 spiro atoms. The smallest absolute Gasteiger partial charge is 0.855 e. The number of carbonyl (C=O) groups excluding carboxylic acids is 4. The molecule has 3 aromatic rings. The Morgan fingerprint density at radius 1 is 0.772 bits per heavy atom. The van der Waals surface area contributed by atoms with Crippen LogP contribution in [0.2, 0.25) is 0 Å². The summed E-state index contributed by atoms with van der Waals surface area (Å²) in [5.41, 5.74) is 7.74. The second-order valence-corrected chi connectivity index (χ2v) is 15.2. The van der Waals surface area contributed by atoms with E-state index in [0.717, 1.165) is 73.0 Å². The van der Waals surface area contributed by atoms with Gasteiger partial charge in [0.05, 0.1) is 25.5 Å². The zero-order valence-electron chi connectivity index (χ0n) is 34.9. The number of esters is 1. The average molecular weight is 816 g/mol. The summed E-state index contributed by atoms with van der Waals surface area (Å²) in [6, 6.07) is 11.8. The molecule has 0 radical (unpaired) electrons. The third kappa shape index (κ3) is 19.4. The first kappa shape index (κ1) is 51.8. The third-order valence-electron chi connectivity index (χ3n) is 8.63. The van der Waals surface area contributed by atoms with Gasteiger partial charge in [0, 0.05) is 48.4 Å². The van der Waals surface area contributed by atoms with Gasteiger partial charge in [-0.2, -0.15) is 0 Å². The maximum atomic E-state index is 11.8. The van der Waals surface area contributed by atoms with Crippen LogP contribution in [0.25, 0.3) is 5.57 Å². The van der Waals surface area contributed by atoms with Gasteiger partial charge in [0.25, 0.3) is 0 Å². The quantitative estimate of drug-likeness (QED) is 0.120. The Morgan fingerprint density at radius 3 is 1.84 bits per heavy atom. The maximum Gasteiger partial charge on any atom is 1.00 e. The van der Waals surface area contributed by atoms with Gasteiger partial charge < -0.3 is 23.7 Å². The van der Waals surface area contributed by atoms with Crippen molar-refractivity contribution >= 4 is 36.5 Å². The van der Waals surface area contributed by atoms with Gasteiger partial charge in [-0.1, -0.05) is 19.1 Å². The van der Waals surface area contributed by atoms with E-state index in [1.165, 1.54) is 17.7 Å². The third-order valence-corrected chi connectivity index (χ3v) is 10.6. The van der Waals surface area contributed by atoms with E-state index < -0.39 is 13.6 Å². The van der Waals surface area contributed by atoms with Gasteiger partial charge in [0.15, 0.2) is 11.6 Å². The number of pyridine rings is 3. The summed E-state index contributed by atoms with van der Waals surface area (Å²) in [7, 11) is -3.28. The van der Waals surface area contributed by atoms with Gasteiger partial charge in [-0.05, 0) is 139 Å². The molecular formula is C43H59N3NaO9P. The Balaban J connectivity index is 0.000000370. The van der Waals surface area contributed by atoms with Crippen molar-refractivity contribution in [3.05, 3.63) is 94.8 Å². The molecule has 306 valence electrons. The van der Waals surface area contributed by atoms with E-state index in [1.54, 1.807) is 53.8 Å². The first-order chi connectivity index (χ1) is 26.9.